The van der Waals surface area contributed by atoms with Crippen molar-refractivity contribution in [1.29, 1.82) is 10.5 Å². The summed E-state index contributed by atoms with van der Waals surface area (Å²) in [6.45, 7) is 0. The van der Waals surface area contributed by atoms with Gasteiger partial charge in [-0.2, -0.15) is 10.5 Å². The van der Waals surface area contributed by atoms with Gasteiger partial charge in [-0.15, -0.1) is 0 Å². The molecule has 570 valence electrons. The van der Waals surface area contributed by atoms with Crippen molar-refractivity contribution in [3.8, 4) is 57.1 Å². The van der Waals surface area contributed by atoms with Gasteiger partial charge < -0.3 is 18.3 Å². The summed E-state index contributed by atoms with van der Waals surface area (Å²) < 4.78 is 10.4. The number of nitriles is 2. The molecule has 2 unspecified atom stereocenters. The zero-order chi connectivity index (χ0) is 79.2. The SMILES string of the molecule is N#C/C=C(/c1ccc(-n2c3c(c4c5ccccc5c5ccccc5c42)CCCC3)cc1)c1ccc(-n2c3c(c4c5ccccc5c5ccccc5c42)CC(C2CCc4c(c5ccc6ccccc6c5n4-c4cccc(-c5cccc(/C(=C/C#N)c6cccc(-c7cccc(-n8c9c(c%10ccc%11ccccc%11c%108)CCCC9)c7)c6)c5)c4)C2)CC3)cc1. The van der Waals surface area contributed by atoms with Gasteiger partial charge in [-0.25, -0.2) is 0 Å². The lowest BCUT2D eigenvalue weighted by molar-refractivity contribution is 0.269. The van der Waals surface area contributed by atoms with Crippen molar-refractivity contribution in [3.05, 3.63) is 395 Å². The van der Waals surface area contributed by atoms with Crippen molar-refractivity contribution in [2.75, 3.05) is 0 Å². The van der Waals surface area contributed by atoms with E-state index in [2.05, 4.69) is 346 Å². The van der Waals surface area contributed by atoms with Crippen LogP contribution in [0.2, 0.25) is 0 Å². The third-order valence-corrected chi connectivity index (χ3v) is 28.0. The standard InChI is InChI=1S/C114H84N6/c115-63-61-87(73-45-53-83(54-46-73)117-106-44-16-14-42-102(106)109-96-38-9-5-33-91(96)93-35-7-11-40-98(93)113(109)117)74-47-55-84(56-48-74)118-108-60-52-80(70-104(108)110-97-39-10-6-34-92(97)94-36-8-12-41-99(94)114(110)118)79-51-59-107-103(69-79)101-58-50-72-22-2-4-32-90(72)112(101)120(107)86-30-20-26-78(68-86)76-24-18-28-82(66-76)88(62-64-116)81-27-17-23-75(65-81)77-25-19-29-85(67-77)119-105-43-15-13-37-95(105)100-57-49-71-21-1-3-31-89(71)111(100)119/h1-12,17-36,38-41,45-50,53-58,61-62,65-68,79-80H,13-16,37,42-44,51-52,59-60,69-70H2/b87-61-,88-62+. The molecule has 0 saturated carbocycles. The van der Waals surface area contributed by atoms with Crippen LogP contribution in [0.3, 0.4) is 0 Å². The molecule has 4 aliphatic carbocycles. The summed E-state index contributed by atoms with van der Waals surface area (Å²) in [7, 11) is 0. The van der Waals surface area contributed by atoms with Gasteiger partial charge in [0.25, 0.3) is 0 Å². The fraction of sp³-hybridized carbons (Fsp3) is 0.140. The minimum atomic E-state index is 0.481. The molecule has 0 aliphatic heterocycles. The molecule has 0 fully saturated rings. The Labute approximate surface area is 697 Å². The Balaban J connectivity index is 0.549. The molecule has 0 spiro atoms. The summed E-state index contributed by atoms with van der Waals surface area (Å²) in [6.07, 6.45) is 18.8. The first-order valence-corrected chi connectivity index (χ1v) is 43.3. The Bertz CT molecular complexity index is 7880. The van der Waals surface area contributed by atoms with Crippen molar-refractivity contribution in [1.82, 2.24) is 18.3 Å². The summed E-state index contributed by atoms with van der Waals surface area (Å²) in [4.78, 5) is 0. The molecule has 4 heterocycles. The van der Waals surface area contributed by atoms with E-state index in [0.717, 1.165) is 131 Å². The second-order valence-electron chi connectivity index (χ2n) is 34.2. The van der Waals surface area contributed by atoms with Crippen molar-refractivity contribution < 1.29 is 0 Å². The number of rotatable bonds is 11. The molecule has 4 aromatic heterocycles. The third kappa shape index (κ3) is 11.0. The van der Waals surface area contributed by atoms with Gasteiger partial charge in [-0.3, -0.25) is 0 Å². The normalized spacial score (nSPS) is 15.6. The lowest BCUT2D eigenvalue weighted by Gasteiger charge is -2.34. The van der Waals surface area contributed by atoms with Crippen LogP contribution in [0.1, 0.15) is 106 Å². The monoisotopic (exact) mass is 1540 g/mol. The molecular weight excluding hydrogens is 1450 g/mol. The van der Waals surface area contributed by atoms with Crippen LogP contribution in [0.4, 0.5) is 0 Å². The van der Waals surface area contributed by atoms with Gasteiger partial charge in [0.2, 0.25) is 0 Å². The summed E-state index contributed by atoms with van der Waals surface area (Å²) >= 11 is 0. The number of benzene rings is 16. The summed E-state index contributed by atoms with van der Waals surface area (Å²) in [6, 6.07) is 122. The molecule has 20 aromatic rings. The first-order chi connectivity index (χ1) is 59.5. The van der Waals surface area contributed by atoms with E-state index in [1.807, 2.05) is 0 Å². The zero-order valence-electron chi connectivity index (χ0n) is 66.9. The zero-order valence-corrected chi connectivity index (χ0v) is 66.9. The molecule has 0 amide bonds. The largest absolute Gasteiger partial charge is 0.313 e. The van der Waals surface area contributed by atoms with Crippen LogP contribution >= 0.6 is 0 Å². The van der Waals surface area contributed by atoms with Gasteiger partial charge in [0.1, 0.15) is 0 Å². The molecule has 0 bridgehead atoms. The van der Waals surface area contributed by atoms with Crippen LogP contribution < -0.4 is 0 Å². The fourth-order valence-corrected chi connectivity index (χ4v) is 22.8. The highest BCUT2D eigenvalue weighted by Crippen LogP contribution is 2.51. The number of fused-ring (bicyclic) bond motifs is 26. The Morgan fingerprint density at radius 2 is 0.617 bits per heavy atom. The molecule has 120 heavy (non-hydrogen) atoms. The summed E-state index contributed by atoms with van der Waals surface area (Å²) in [5.41, 5.74) is 31.9. The van der Waals surface area contributed by atoms with E-state index in [1.165, 1.54) is 190 Å². The molecule has 6 nitrogen and oxygen atoms in total. The Morgan fingerprint density at radius 3 is 1.11 bits per heavy atom. The van der Waals surface area contributed by atoms with Gasteiger partial charge in [0.05, 0.1) is 34.2 Å². The maximum atomic E-state index is 10.6. The number of nitrogens with zero attached hydrogens (tertiary/aromatic N) is 6. The highest BCUT2D eigenvalue weighted by Gasteiger charge is 2.37. The topological polar surface area (TPSA) is 67.3 Å². The lowest BCUT2D eigenvalue weighted by atomic mass is 9.71. The van der Waals surface area contributed by atoms with Crippen molar-refractivity contribution in [3.63, 3.8) is 0 Å². The number of hydrogen-bond acceptors (Lipinski definition) is 2. The second-order valence-corrected chi connectivity index (χ2v) is 34.2. The van der Waals surface area contributed by atoms with Crippen LogP contribution in [-0.2, 0) is 51.4 Å². The Kier molecular flexibility index (Phi) is 16.5. The highest BCUT2D eigenvalue weighted by atomic mass is 15.0. The number of allylic oxidation sites excluding steroid dienone is 2. The maximum Gasteiger partial charge on any atom is 0.0918 e. The number of aryl methyl sites for hydroxylation is 2. The van der Waals surface area contributed by atoms with Crippen LogP contribution in [0.15, 0.2) is 328 Å². The number of aromatic nitrogens is 4. The van der Waals surface area contributed by atoms with Crippen molar-refractivity contribution >= 4 is 119 Å². The molecule has 0 saturated heterocycles. The van der Waals surface area contributed by atoms with Gasteiger partial charge in [0.15, 0.2) is 0 Å². The molecule has 16 aromatic carbocycles. The van der Waals surface area contributed by atoms with Gasteiger partial charge >= 0.3 is 0 Å². The molecule has 24 rings (SSSR count). The first kappa shape index (κ1) is 70.0. The smallest absolute Gasteiger partial charge is 0.0918 e. The average molecular weight is 1540 g/mol. The van der Waals surface area contributed by atoms with Crippen LogP contribution in [0, 0.1) is 34.5 Å². The van der Waals surface area contributed by atoms with Crippen molar-refractivity contribution in [2.24, 2.45) is 11.8 Å². The maximum absolute atomic E-state index is 10.6. The second kappa shape index (κ2) is 28.2. The molecule has 2 atom stereocenters. The molecule has 4 aliphatic rings. The summed E-state index contributed by atoms with van der Waals surface area (Å²) in [5.74, 6) is 0.967. The van der Waals surface area contributed by atoms with E-state index in [0.29, 0.717) is 11.8 Å². The van der Waals surface area contributed by atoms with Crippen molar-refractivity contribution in [2.45, 2.75) is 89.9 Å². The quantitative estimate of drug-likeness (QED) is 0.0957. The molecule has 0 N–H and O–H groups in total. The predicted octanol–water partition coefficient (Wildman–Crippen LogP) is 28.3. The van der Waals surface area contributed by atoms with Crippen LogP contribution in [-0.4, -0.2) is 18.3 Å². The molecule has 0 radical (unpaired) electrons. The summed E-state index contributed by atoms with van der Waals surface area (Å²) in [5, 5.41) is 42.2. The number of hydrogen-bond donors (Lipinski definition) is 0. The van der Waals surface area contributed by atoms with E-state index < -0.39 is 0 Å². The predicted molar refractivity (Wildman–Crippen MR) is 499 cm³/mol. The fourth-order valence-electron chi connectivity index (χ4n) is 22.8. The Hall–Kier alpha value is -14.3. The van der Waals surface area contributed by atoms with E-state index in [9.17, 15) is 10.5 Å². The lowest BCUT2D eigenvalue weighted by Crippen LogP contribution is -2.28. The van der Waals surface area contributed by atoms with Gasteiger partial charge in [0, 0.05) is 101 Å². The minimum absolute atomic E-state index is 0.481. The molecular formula is C114H84N6. The van der Waals surface area contributed by atoms with Gasteiger partial charge in [-0.1, -0.05) is 255 Å². The minimum Gasteiger partial charge on any atom is -0.313 e. The van der Waals surface area contributed by atoms with E-state index in [1.54, 1.807) is 12.2 Å². The average Bonchev–Trinajstić information content (AvgIpc) is 1.55. The van der Waals surface area contributed by atoms with Gasteiger partial charge in [-0.05, 0) is 283 Å². The van der Waals surface area contributed by atoms with Crippen LogP contribution in [0.5, 0.6) is 0 Å². The molecule has 6 heteroatoms. The Morgan fingerprint density at radius 1 is 0.258 bits per heavy atom. The van der Waals surface area contributed by atoms with E-state index >= 15 is 0 Å². The highest BCUT2D eigenvalue weighted by molar-refractivity contribution is 6.28. The van der Waals surface area contributed by atoms with E-state index in [4.69, 9.17) is 0 Å². The van der Waals surface area contributed by atoms with E-state index in [-0.39, 0.29) is 0 Å². The first-order valence-electron chi connectivity index (χ1n) is 43.3. The third-order valence-electron chi connectivity index (χ3n) is 28.0. The van der Waals surface area contributed by atoms with Crippen LogP contribution in [0.25, 0.3) is 164 Å².